The van der Waals surface area contributed by atoms with Crippen molar-refractivity contribution in [2.75, 3.05) is 0 Å². The summed E-state index contributed by atoms with van der Waals surface area (Å²) >= 11 is 13.4. The SMILES string of the molecule is CCc1ccc(C(=O)/C=C/c2ccc(COc3ccc(Cl)cc3Cl)o2)s1. The predicted octanol–water partition coefficient (Wildman–Crippen LogP) is 6.69. The van der Waals surface area contributed by atoms with Crippen LogP contribution in [0.4, 0.5) is 0 Å². The van der Waals surface area contributed by atoms with Crippen LogP contribution in [0.1, 0.15) is 33.0 Å². The van der Waals surface area contributed by atoms with Crippen LogP contribution >= 0.6 is 34.5 Å². The number of carbonyl (C=O) groups is 1. The summed E-state index contributed by atoms with van der Waals surface area (Å²) in [4.78, 5) is 14.1. The molecule has 0 amide bonds. The van der Waals surface area contributed by atoms with E-state index in [9.17, 15) is 4.79 Å². The van der Waals surface area contributed by atoms with Gasteiger partial charge in [-0.1, -0.05) is 30.1 Å². The van der Waals surface area contributed by atoms with Crippen molar-refractivity contribution >= 4 is 46.4 Å². The number of halogens is 2. The third kappa shape index (κ3) is 4.79. The highest BCUT2D eigenvalue weighted by molar-refractivity contribution is 7.14. The number of ether oxygens (including phenoxy) is 1. The second-order valence-electron chi connectivity index (χ2n) is 5.48. The third-order valence-corrected chi connectivity index (χ3v) is 5.37. The highest BCUT2D eigenvalue weighted by atomic mass is 35.5. The summed E-state index contributed by atoms with van der Waals surface area (Å²) in [6, 6.07) is 12.5. The molecule has 0 saturated carbocycles. The summed E-state index contributed by atoms with van der Waals surface area (Å²) in [6.45, 7) is 2.30. The molecule has 0 N–H and O–H groups in total. The van der Waals surface area contributed by atoms with Gasteiger partial charge in [0.25, 0.3) is 0 Å². The summed E-state index contributed by atoms with van der Waals surface area (Å²) in [5.74, 6) is 1.72. The molecular formula is C20H16Cl2O3S. The Balaban J connectivity index is 1.59. The Bertz CT molecular complexity index is 940. The Hall–Kier alpha value is -2.01. The Labute approximate surface area is 165 Å². The molecule has 0 aliphatic rings. The smallest absolute Gasteiger partial charge is 0.195 e. The highest BCUT2D eigenvalue weighted by Gasteiger charge is 2.07. The van der Waals surface area contributed by atoms with E-state index in [0.717, 1.165) is 11.3 Å². The lowest BCUT2D eigenvalue weighted by molar-refractivity contribution is 0.105. The number of hydrogen-bond donors (Lipinski definition) is 0. The van der Waals surface area contributed by atoms with Crippen molar-refractivity contribution < 1.29 is 13.9 Å². The van der Waals surface area contributed by atoms with E-state index in [1.165, 1.54) is 22.3 Å². The maximum atomic E-state index is 12.2. The Morgan fingerprint density at radius 2 is 2.04 bits per heavy atom. The van der Waals surface area contributed by atoms with Crippen molar-refractivity contribution in [2.45, 2.75) is 20.0 Å². The summed E-state index contributed by atoms with van der Waals surface area (Å²) in [6.07, 6.45) is 4.11. The summed E-state index contributed by atoms with van der Waals surface area (Å²) in [5, 5.41) is 0.992. The maximum Gasteiger partial charge on any atom is 0.195 e. The Morgan fingerprint density at radius 3 is 2.77 bits per heavy atom. The normalized spacial score (nSPS) is 11.2. The lowest BCUT2D eigenvalue weighted by Crippen LogP contribution is -1.94. The molecule has 0 fully saturated rings. The first kappa shape index (κ1) is 18.8. The largest absolute Gasteiger partial charge is 0.484 e. The van der Waals surface area contributed by atoms with E-state index in [1.54, 1.807) is 36.4 Å². The minimum atomic E-state index is -0.0307. The van der Waals surface area contributed by atoms with Crippen molar-refractivity contribution in [3.63, 3.8) is 0 Å². The van der Waals surface area contributed by atoms with Crippen molar-refractivity contribution in [1.82, 2.24) is 0 Å². The van der Waals surface area contributed by atoms with Gasteiger partial charge in [0.05, 0.1) is 9.90 Å². The topological polar surface area (TPSA) is 39.4 Å². The van der Waals surface area contributed by atoms with Crippen molar-refractivity contribution in [3.05, 3.63) is 79.9 Å². The zero-order valence-corrected chi connectivity index (χ0v) is 16.3. The molecule has 26 heavy (non-hydrogen) atoms. The van der Waals surface area contributed by atoms with Crippen LogP contribution < -0.4 is 4.74 Å². The number of hydrogen-bond acceptors (Lipinski definition) is 4. The number of ketones is 1. The zero-order chi connectivity index (χ0) is 18.5. The van der Waals surface area contributed by atoms with Crippen LogP contribution in [0.2, 0.25) is 10.0 Å². The van der Waals surface area contributed by atoms with Gasteiger partial charge in [-0.3, -0.25) is 4.79 Å². The fourth-order valence-electron chi connectivity index (χ4n) is 2.24. The van der Waals surface area contributed by atoms with Crippen LogP contribution in [-0.4, -0.2) is 5.78 Å². The number of rotatable bonds is 7. The molecule has 0 unspecified atom stereocenters. The van der Waals surface area contributed by atoms with Crippen LogP contribution in [0.15, 0.2) is 53.0 Å². The molecule has 3 nitrogen and oxygen atoms in total. The van der Waals surface area contributed by atoms with Gasteiger partial charge < -0.3 is 9.15 Å². The molecule has 2 aromatic heterocycles. The fraction of sp³-hybridized carbons (Fsp3) is 0.150. The highest BCUT2D eigenvalue weighted by Crippen LogP contribution is 2.28. The van der Waals surface area contributed by atoms with Gasteiger partial charge in [-0.2, -0.15) is 0 Å². The molecule has 0 saturated heterocycles. The molecule has 1 aromatic carbocycles. The molecule has 134 valence electrons. The Morgan fingerprint density at radius 1 is 1.19 bits per heavy atom. The number of benzene rings is 1. The van der Waals surface area contributed by atoms with Gasteiger partial charge in [0.1, 0.15) is 23.9 Å². The van der Waals surface area contributed by atoms with Crippen molar-refractivity contribution in [1.29, 1.82) is 0 Å². The van der Waals surface area contributed by atoms with E-state index in [2.05, 4.69) is 6.92 Å². The summed E-state index contributed by atoms with van der Waals surface area (Å²) in [5.41, 5.74) is 0. The van der Waals surface area contributed by atoms with E-state index >= 15 is 0 Å². The number of aryl methyl sites for hydroxylation is 1. The molecule has 0 aliphatic heterocycles. The molecule has 0 bridgehead atoms. The van der Waals surface area contributed by atoms with Gasteiger partial charge in [0.15, 0.2) is 5.78 Å². The molecule has 0 aliphatic carbocycles. The monoisotopic (exact) mass is 406 g/mol. The molecule has 3 rings (SSSR count). The molecule has 0 atom stereocenters. The van der Waals surface area contributed by atoms with Crippen LogP contribution in [0, 0.1) is 0 Å². The number of carbonyl (C=O) groups excluding carboxylic acids is 1. The average molecular weight is 407 g/mol. The van der Waals surface area contributed by atoms with E-state index in [4.69, 9.17) is 32.4 Å². The summed E-state index contributed by atoms with van der Waals surface area (Å²) < 4.78 is 11.3. The van der Waals surface area contributed by atoms with Crippen LogP contribution in [0.25, 0.3) is 6.08 Å². The zero-order valence-electron chi connectivity index (χ0n) is 14.0. The molecule has 3 aromatic rings. The van der Waals surface area contributed by atoms with E-state index in [1.807, 2.05) is 12.1 Å². The predicted molar refractivity (Wildman–Crippen MR) is 107 cm³/mol. The first-order valence-electron chi connectivity index (χ1n) is 8.03. The standard InChI is InChI=1S/C20H16Cl2O3S/c1-2-16-7-10-20(26-16)18(23)8-6-14-4-5-15(25-14)12-24-19-9-3-13(21)11-17(19)22/h3-11H,2,12H2,1H3/b8-6+. The molecular weight excluding hydrogens is 391 g/mol. The van der Waals surface area contributed by atoms with Gasteiger partial charge in [0, 0.05) is 9.90 Å². The summed E-state index contributed by atoms with van der Waals surface area (Å²) in [7, 11) is 0. The van der Waals surface area contributed by atoms with Gasteiger partial charge >= 0.3 is 0 Å². The average Bonchev–Trinajstić information content (AvgIpc) is 3.28. The molecule has 0 spiro atoms. The van der Waals surface area contributed by atoms with Gasteiger partial charge in [0.2, 0.25) is 0 Å². The first-order valence-corrected chi connectivity index (χ1v) is 9.60. The van der Waals surface area contributed by atoms with E-state index in [0.29, 0.717) is 27.3 Å². The fourth-order valence-corrected chi connectivity index (χ4v) is 3.57. The van der Waals surface area contributed by atoms with Crippen molar-refractivity contribution in [3.8, 4) is 5.75 Å². The van der Waals surface area contributed by atoms with Crippen LogP contribution in [-0.2, 0) is 13.0 Å². The Kier molecular flexibility index (Phi) is 6.20. The van der Waals surface area contributed by atoms with E-state index < -0.39 is 0 Å². The lowest BCUT2D eigenvalue weighted by Gasteiger charge is -2.06. The minimum absolute atomic E-state index is 0.0307. The van der Waals surface area contributed by atoms with Crippen molar-refractivity contribution in [2.24, 2.45) is 0 Å². The van der Waals surface area contributed by atoms with Gasteiger partial charge in [-0.25, -0.2) is 0 Å². The molecule has 6 heteroatoms. The molecule has 0 radical (unpaired) electrons. The van der Waals surface area contributed by atoms with Gasteiger partial charge in [-0.15, -0.1) is 11.3 Å². The quantitative estimate of drug-likeness (QED) is 0.324. The number of thiophene rings is 1. The molecule has 2 heterocycles. The first-order chi connectivity index (χ1) is 12.5. The third-order valence-electron chi connectivity index (χ3n) is 3.60. The second-order valence-corrected chi connectivity index (χ2v) is 7.50. The minimum Gasteiger partial charge on any atom is -0.484 e. The number of allylic oxidation sites excluding steroid dienone is 1. The second kappa shape index (κ2) is 8.58. The van der Waals surface area contributed by atoms with Crippen LogP contribution in [0.3, 0.4) is 0 Å². The number of furan rings is 1. The van der Waals surface area contributed by atoms with E-state index in [-0.39, 0.29) is 12.4 Å². The maximum absolute atomic E-state index is 12.2. The van der Waals surface area contributed by atoms with Crippen LogP contribution in [0.5, 0.6) is 5.75 Å². The van der Waals surface area contributed by atoms with Gasteiger partial charge in [-0.05, 0) is 61.0 Å². The lowest BCUT2D eigenvalue weighted by atomic mass is 10.2.